The first-order valence-electron chi connectivity index (χ1n) is 6.59. The van der Waals surface area contributed by atoms with E-state index < -0.39 is 0 Å². The van der Waals surface area contributed by atoms with Crippen molar-refractivity contribution in [1.29, 1.82) is 0 Å². The van der Waals surface area contributed by atoms with Gasteiger partial charge in [-0.05, 0) is 29.3 Å². The number of aryl methyl sites for hydroxylation is 1. The van der Waals surface area contributed by atoms with Crippen LogP contribution in [0.1, 0.15) is 20.3 Å². The molecule has 7 heteroatoms. The molecule has 6 nitrogen and oxygen atoms in total. The molecule has 2 heterocycles. The number of nitrogens with one attached hydrogen (secondary N) is 1. The van der Waals surface area contributed by atoms with Crippen LogP contribution in [0.15, 0.2) is 34.2 Å². The third-order valence-electron chi connectivity index (χ3n) is 2.87. The van der Waals surface area contributed by atoms with E-state index in [1.807, 2.05) is 24.6 Å². The molecular weight excluding hydrogens is 322 g/mol. The van der Waals surface area contributed by atoms with Gasteiger partial charge in [0.15, 0.2) is 0 Å². The van der Waals surface area contributed by atoms with Crippen LogP contribution < -0.4 is 10.9 Å². The fourth-order valence-corrected chi connectivity index (χ4v) is 2.38. The van der Waals surface area contributed by atoms with Crippen molar-refractivity contribution in [2.45, 2.75) is 39.4 Å². The molecule has 1 N–H and O–H groups in total. The number of nitrogens with zero attached hydrogens (tertiary/aromatic N) is 4. The summed E-state index contributed by atoms with van der Waals surface area (Å²) < 4.78 is 3.98. The van der Waals surface area contributed by atoms with Gasteiger partial charge in [0.1, 0.15) is 4.47 Å². The van der Waals surface area contributed by atoms with Gasteiger partial charge in [-0.1, -0.05) is 6.92 Å². The number of aromatic nitrogens is 4. The van der Waals surface area contributed by atoms with E-state index in [-0.39, 0.29) is 11.6 Å². The van der Waals surface area contributed by atoms with Gasteiger partial charge in [-0.3, -0.25) is 4.79 Å². The Kier molecular flexibility index (Phi) is 4.94. The van der Waals surface area contributed by atoms with E-state index >= 15 is 0 Å². The Labute approximate surface area is 126 Å². The maximum Gasteiger partial charge on any atom is 0.283 e. The Morgan fingerprint density at radius 1 is 1.50 bits per heavy atom. The van der Waals surface area contributed by atoms with Gasteiger partial charge in [0.05, 0.1) is 18.2 Å². The molecule has 0 aliphatic heterocycles. The Bertz CT molecular complexity index is 608. The number of imidazole rings is 1. The second-order valence-corrected chi connectivity index (χ2v) is 5.50. The van der Waals surface area contributed by atoms with E-state index in [0.717, 1.165) is 18.7 Å². The van der Waals surface area contributed by atoms with Crippen LogP contribution in [0.4, 0.5) is 5.69 Å². The van der Waals surface area contributed by atoms with Crippen LogP contribution in [0, 0.1) is 0 Å². The van der Waals surface area contributed by atoms with Gasteiger partial charge in [-0.15, -0.1) is 0 Å². The molecule has 0 fully saturated rings. The van der Waals surface area contributed by atoms with Gasteiger partial charge in [0.25, 0.3) is 5.56 Å². The Morgan fingerprint density at radius 2 is 2.30 bits per heavy atom. The highest BCUT2D eigenvalue weighted by atomic mass is 79.9. The van der Waals surface area contributed by atoms with Crippen LogP contribution in [0.2, 0.25) is 0 Å². The van der Waals surface area contributed by atoms with E-state index in [2.05, 4.69) is 31.3 Å². The van der Waals surface area contributed by atoms with Crippen LogP contribution in [-0.2, 0) is 13.1 Å². The first-order valence-corrected chi connectivity index (χ1v) is 7.39. The highest BCUT2D eigenvalue weighted by Gasteiger charge is 2.11. The van der Waals surface area contributed by atoms with Gasteiger partial charge < -0.3 is 9.88 Å². The molecule has 0 amide bonds. The van der Waals surface area contributed by atoms with Crippen LogP contribution in [0.5, 0.6) is 0 Å². The molecule has 0 spiro atoms. The van der Waals surface area contributed by atoms with Gasteiger partial charge in [0, 0.05) is 31.5 Å². The number of rotatable bonds is 6. The van der Waals surface area contributed by atoms with Crippen LogP contribution in [-0.4, -0.2) is 25.4 Å². The SMILES string of the molecule is CCCn1ncc(NC(C)Cn2ccnc2)c(Br)c1=O. The first kappa shape index (κ1) is 14.8. The highest BCUT2D eigenvalue weighted by Crippen LogP contribution is 2.17. The molecule has 2 aromatic rings. The van der Waals surface area contributed by atoms with Crippen molar-refractivity contribution in [2.75, 3.05) is 5.32 Å². The predicted molar refractivity (Wildman–Crippen MR) is 81.8 cm³/mol. The molecule has 108 valence electrons. The van der Waals surface area contributed by atoms with Crippen molar-refractivity contribution in [3.63, 3.8) is 0 Å². The van der Waals surface area contributed by atoms with E-state index in [1.165, 1.54) is 4.68 Å². The Hall–Kier alpha value is -1.63. The fraction of sp³-hybridized carbons (Fsp3) is 0.462. The maximum absolute atomic E-state index is 12.1. The molecule has 0 saturated carbocycles. The van der Waals surface area contributed by atoms with Crippen molar-refractivity contribution in [3.8, 4) is 0 Å². The zero-order valence-electron chi connectivity index (χ0n) is 11.6. The lowest BCUT2D eigenvalue weighted by Gasteiger charge is -2.17. The average Bonchev–Trinajstić information content (AvgIpc) is 2.91. The van der Waals surface area contributed by atoms with Gasteiger partial charge in [-0.25, -0.2) is 9.67 Å². The van der Waals surface area contributed by atoms with Crippen molar-refractivity contribution in [2.24, 2.45) is 0 Å². The van der Waals surface area contributed by atoms with Crippen molar-refractivity contribution in [3.05, 3.63) is 39.7 Å². The summed E-state index contributed by atoms with van der Waals surface area (Å²) in [6, 6.07) is 0.156. The number of hydrogen-bond donors (Lipinski definition) is 1. The number of hydrogen-bond acceptors (Lipinski definition) is 4. The molecule has 2 aromatic heterocycles. The summed E-state index contributed by atoms with van der Waals surface area (Å²) in [6.45, 7) is 5.46. The van der Waals surface area contributed by atoms with E-state index in [1.54, 1.807) is 18.7 Å². The predicted octanol–water partition coefficient (Wildman–Crippen LogP) is 2.11. The maximum atomic E-state index is 12.1. The van der Waals surface area contributed by atoms with E-state index in [4.69, 9.17) is 0 Å². The Balaban J connectivity index is 2.09. The zero-order valence-corrected chi connectivity index (χ0v) is 13.2. The van der Waals surface area contributed by atoms with Crippen molar-refractivity contribution in [1.82, 2.24) is 19.3 Å². The van der Waals surface area contributed by atoms with Gasteiger partial charge in [0.2, 0.25) is 0 Å². The van der Waals surface area contributed by atoms with Crippen molar-refractivity contribution < 1.29 is 0 Å². The largest absolute Gasteiger partial charge is 0.378 e. The lowest BCUT2D eigenvalue weighted by molar-refractivity contribution is 0.563. The minimum atomic E-state index is -0.105. The van der Waals surface area contributed by atoms with Crippen LogP contribution in [0.3, 0.4) is 0 Å². The quantitative estimate of drug-likeness (QED) is 0.875. The lowest BCUT2D eigenvalue weighted by Crippen LogP contribution is -2.27. The Morgan fingerprint density at radius 3 is 2.95 bits per heavy atom. The summed E-state index contributed by atoms with van der Waals surface area (Å²) in [5.74, 6) is 0. The second-order valence-electron chi connectivity index (χ2n) is 4.71. The molecule has 2 rings (SSSR count). The average molecular weight is 340 g/mol. The standard InChI is InChI=1S/C13H18BrN5O/c1-3-5-19-13(20)12(14)11(7-16-19)17-10(2)8-18-6-4-15-9-18/h4,6-7,9-10,17H,3,5,8H2,1-2H3. The fourth-order valence-electron chi connectivity index (χ4n) is 1.96. The molecule has 0 aliphatic carbocycles. The minimum absolute atomic E-state index is 0.105. The van der Waals surface area contributed by atoms with Crippen LogP contribution >= 0.6 is 15.9 Å². The molecule has 1 unspecified atom stereocenters. The smallest absolute Gasteiger partial charge is 0.283 e. The molecular formula is C13H18BrN5O. The van der Waals surface area contributed by atoms with Crippen molar-refractivity contribution >= 4 is 21.6 Å². The second kappa shape index (κ2) is 6.69. The molecule has 0 saturated heterocycles. The molecule has 20 heavy (non-hydrogen) atoms. The lowest BCUT2D eigenvalue weighted by atomic mass is 10.3. The topological polar surface area (TPSA) is 64.7 Å². The normalized spacial score (nSPS) is 12.3. The number of halogens is 1. The third kappa shape index (κ3) is 3.47. The molecule has 0 aromatic carbocycles. The molecule has 1 atom stereocenters. The first-order chi connectivity index (χ1) is 9.61. The number of anilines is 1. The monoisotopic (exact) mass is 339 g/mol. The summed E-state index contributed by atoms with van der Waals surface area (Å²) in [7, 11) is 0. The summed E-state index contributed by atoms with van der Waals surface area (Å²) in [6.07, 6.45) is 7.99. The summed E-state index contributed by atoms with van der Waals surface area (Å²) >= 11 is 3.35. The summed E-state index contributed by atoms with van der Waals surface area (Å²) in [5, 5.41) is 7.46. The third-order valence-corrected chi connectivity index (χ3v) is 3.63. The summed E-state index contributed by atoms with van der Waals surface area (Å²) in [4.78, 5) is 16.1. The van der Waals surface area contributed by atoms with E-state index in [9.17, 15) is 4.79 Å². The molecule has 0 radical (unpaired) electrons. The minimum Gasteiger partial charge on any atom is -0.378 e. The zero-order chi connectivity index (χ0) is 14.5. The van der Waals surface area contributed by atoms with Crippen LogP contribution in [0.25, 0.3) is 0 Å². The summed E-state index contributed by atoms with van der Waals surface area (Å²) in [5.41, 5.74) is 0.613. The highest BCUT2D eigenvalue weighted by molar-refractivity contribution is 9.10. The molecule has 0 aliphatic rings. The van der Waals surface area contributed by atoms with Gasteiger partial charge >= 0.3 is 0 Å². The molecule has 0 bridgehead atoms. The van der Waals surface area contributed by atoms with Gasteiger partial charge in [-0.2, -0.15) is 5.10 Å². The van der Waals surface area contributed by atoms with E-state index in [0.29, 0.717) is 11.0 Å².